The van der Waals surface area contributed by atoms with Crippen molar-refractivity contribution in [2.75, 3.05) is 0 Å². The van der Waals surface area contributed by atoms with E-state index in [1.807, 2.05) is 17.5 Å². The van der Waals surface area contributed by atoms with Crippen molar-refractivity contribution < 1.29 is 4.39 Å². The van der Waals surface area contributed by atoms with E-state index in [2.05, 4.69) is 10.8 Å². The first-order chi connectivity index (χ1) is 8.78. The smallest absolute Gasteiger partial charge is 0.123 e. The van der Waals surface area contributed by atoms with Gasteiger partial charge in [-0.15, -0.1) is 11.3 Å². The van der Waals surface area contributed by atoms with Crippen molar-refractivity contribution >= 4 is 32.8 Å². The van der Waals surface area contributed by atoms with Crippen molar-refractivity contribution in [1.29, 1.82) is 0 Å². The van der Waals surface area contributed by atoms with Gasteiger partial charge in [0.15, 0.2) is 0 Å². The molecule has 2 nitrogen and oxygen atoms in total. The molecule has 2 aromatic heterocycles. The topological polar surface area (TPSA) is 38.0 Å². The molecule has 0 aliphatic rings. The zero-order valence-corrected chi connectivity index (χ0v) is 11.0. The van der Waals surface area contributed by atoms with Gasteiger partial charge in [0.05, 0.1) is 6.04 Å². The lowest BCUT2D eigenvalue weighted by molar-refractivity contribution is 0.629. The molecule has 3 aromatic rings. The molecule has 5 heteroatoms. The molecule has 0 radical (unpaired) electrons. The third-order valence-corrected chi connectivity index (χ3v) is 4.71. The number of benzene rings is 1. The first-order valence-electron chi connectivity index (χ1n) is 5.45. The molecule has 0 aliphatic heterocycles. The Balaban J connectivity index is 2.07. The summed E-state index contributed by atoms with van der Waals surface area (Å²) < 4.78 is 14.2. The summed E-state index contributed by atoms with van der Waals surface area (Å²) in [4.78, 5) is 1.09. The summed E-state index contributed by atoms with van der Waals surface area (Å²) in [7, 11) is 0. The van der Waals surface area contributed by atoms with Crippen molar-refractivity contribution in [2.45, 2.75) is 6.04 Å². The quantitative estimate of drug-likeness (QED) is 0.567. The van der Waals surface area contributed by atoms with Crippen LogP contribution in [0.4, 0.5) is 4.39 Å². The maximum atomic E-state index is 13.2. The molecular formula is C13H11FN2S2. The highest BCUT2D eigenvalue weighted by atomic mass is 32.1. The minimum absolute atomic E-state index is 0.0308. The molecule has 92 valence electrons. The molecule has 0 spiro atoms. The Morgan fingerprint density at radius 1 is 1.22 bits per heavy atom. The van der Waals surface area contributed by atoms with Gasteiger partial charge in [-0.05, 0) is 52.0 Å². The molecule has 1 unspecified atom stereocenters. The lowest BCUT2D eigenvalue weighted by Crippen LogP contribution is -2.27. The molecular weight excluding hydrogens is 267 g/mol. The van der Waals surface area contributed by atoms with E-state index < -0.39 is 0 Å². The fourth-order valence-corrected chi connectivity index (χ4v) is 3.78. The Kier molecular flexibility index (Phi) is 3.13. The number of nitrogens with one attached hydrogen (secondary N) is 1. The van der Waals surface area contributed by atoms with E-state index in [-0.39, 0.29) is 11.9 Å². The van der Waals surface area contributed by atoms with Crippen molar-refractivity contribution in [1.82, 2.24) is 5.43 Å². The highest BCUT2D eigenvalue weighted by molar-refractivity contribution is 7.19. The SMILES string of the molecule is NNC(c1ccsc1)c1cc2cc(F)ccc2s1. The minimum Gasteiger partial charge on any atom is -0.271 e. The van der Waals surface area contributed by atoms with Gasteiger partial charge in [0.25, 0.3) is 0 Å². The fraction of sp³-hybridized carbons (Fsp3) is 0.0769. The Morgan fingerprint density at radius 2 is 2.11 bits per heavy atom. The summed E-state index contributed by atoms with van der Waals surface area (Å²) in [6, 6.07) is 8.84. The number of nitrogens with two attached hydrogens (primary N) is 1. The average Bonchev–Trinajstić information content (AvgIpc) is 2.98. The number of hydrazine groups is 1. The van der Waals surface area contributed by atoms with Crippen molar-refractivity contribution in [3.63, 3.8) is 0 Å². The van der Waals surface area contributed by atoms with E-state index in [0.29, 0.717) is 0 Å². The summed E-state index contributed by atoms with van der Waals surface area (Å²) in [6.07, 6.45) is 0. The van der Waals surface area contributed by atoms with Crippen LogP contribution in [0.2, 0.25) is 0 Å². The highest BCUT2D eigenvalue weighted by Gasteiger charge is 2.15. The van der Waals surface area contributed by atoms with Gasteiger partial charge in [-0.25, -0.2) is 9.82 Å². The lowest BCUT2D eigenvalue weighted by Gasteiger charge is -2.11. The minimum atomic E-state index is -0.209. The normalized spacial score (nSPS) is 13.0. The van der Waals surface area contributed by atoms with Crippen molar-refractivity contribution in [3.05, 3.63) is 57.3 Å². The average molecular weight is 278 g/mol. The molecule has 1 atom stereocenters. The Morgan fingerprint density at radius 3 is 2.83 bits per heavy atom. The highest BCUT2D eigenvalue weighted by Crippen LogP contribution is 2.33. The number of hydrogen-bond acceptors (Lipinski definition) is 4. The van der Waals surface area contributed by atoms with Gasteiger partial charge in [0.1, 0.15) is 5.82 Å². The van der Waals surface area contributed by atoms with Gasteiger partial charge in [-0.1, -0.05) is 0 Å². The van der Waals surface area contributed by atoms with Crippen molar-refractivity contribution in [2.24, 2.45) is 5.84 Å². The summed E-state index contributed by atoms with van der Waals surface area (Å²) in [5, 5.41) is 5.01. The van der Waals surface area contributed by atoms with E-state index >= 15 is 0 Å². The maximum Gasteiger partial charge on any atom is 0.123 e. The van der Waals surface area contributed by atoms with Crippen LogP contribution < -0.4 is 11.3 Å². The van der Waals surface area contributed by atoms with Gasteiger partial charge in [0.2, 0.25) is 0 Å². The largest absolute Gasteiger partial charge is 0.271 e. The maximum absolute atomic E-state index is 13.2. The van der Waals surface area contributed by atoms with Crippen LogP contribution in [0.15, 0.2) is 41.1 Å². The second-order valence-corrected chi connectivity index (χ2v) is 5.88. The Hall–Kier alpha value is -1.27. The van der Waals surface area contributed by atoms with E-state index in [1.54, 1.807) is 34.8 Å². The second kappa shape index (κ2) is 4.78. The first kappa shape index (κ1) is 11.8. The first-order valence-corrected chi connectivity index (χ1v) is 7.21. The zero-order chi connectivity index (χ0) is 12.5. The van der Waals surface area contributed by atoms with E-state index in [0.717, 1.165) is 20.5 Å². The van der Waals surface area contributed by atoms with Gasteiger partial charge >= 0.3 is 0 Å². The molecule has 0 fully saturated rings. The standard InChI is InChI=1S/C13H11FN2S2/c14-10-1-2-11-9(5-10)6-12(18-11)13(16-15)8-3-4-17-7-8/h1-7,13,16H,15H2. The van der Waals surface area contributed by atoms with Crippen LogP contribution in [-0.2, 0) is 0 Å². The van der Waals surface area contributed by atoms with Crippen LogP contribution in [-0.4, -0.2) is 0 Å². The third kappa shape index (κ3) is 2.06. The second-order valence-electron chi connectivity index (χ2n) is 3.99. The van der Waals surface area contributed by atoms with Crippen LogP contribution in [0.25, 0.3) is 10.1 Å². The number of rotatable bonds is 3. The predicted octanol–water partition coefficient (Wildman–Crippen LogP) is 3.65. The summed E-state index contributed by atoms with van der Waals surface area (Å²) in [6.45, 7) is 0. The molecule has 1 aromatic carbocycles. The van der Waals surface area contributed by atoms with Crippen molar-refractivity contribution in [3.8, 4) is 0 Å². The summed E-state index contributed by atoms with van der Waals surface area (Å²) >= 11 is 3.27. The summed E-state index contributed by atoms with van der Waals surface area (Å²) in [5.41, 5.74) is 3.95. The van der Waals surface area contributed by atoms with Crippen LogP contribution in [0.1, 0.15) is 16.5 Å². The van der Waals surface area contributed by atoms with Gasteiger partial charge in [-0.2, -0.15) is 11.3 Å². The molecule has 0 amide bonds. The molecule has 3 N–H and O–H groups in total. The van der Waals surface area contributed by atoms with E-state index in [4.69, 9.17) is 5.84 Å². The van der Waals surface area contributed by atoms with Gasteiger partial charge in [-0.3, -0.25) is 5.84 Å². The van der Waals surface area contributed by atoms with E-state index in [9.17, 15) is 4.39 Å². The fourth-order valence-electron chi connectivity index (χ4n) is 1.96. The number of thiophene rings is 2. The molecule has 3 rings (SSSR count). The third-order valence-electron chi connectivity index (χ3n) is 2.83. The summed E-state index contributed by atoms with van der Waals surface area (Å²) in [5.74, 6) is 5.43. The Labute approximate surface area is 112 Å². The molecule has 0 saturated heterocycles. The van der Waals surface area contributed by atoms with E-state index in [1.165, 1.54) is 6.07 Å². The number of halogens is 1. The predicted molar refractivity (Wildman–Crippen MR) is 75.3 cm³/mol. The van der Waals surface area contributed by atoms with Gasteiger partial charge in [0, 0.05) is 9.58 Å². The number of hydrogen-bond donors (Lipinski definition) is 2. The van der Waals surface area contributed by atoms with Crippen LogP contribution in [0, 0.1) is 5.82 Å². The molecule has 0 saturated carbocycles. The van der Waals surface area contributed by atoms with Crippen LogP contribution in [0.5, 0.6) is 0 Å². The lowest BCUT2D eigenvalue weighted by atomic mass is 10.1. The zero-order valence-electron chi connectivity index (χ0n) is 9.39. The van der Waals surface area contributed by atoms with Crippen LogP contribution in [0.3, 0.4) is 0 Å². The monoisotopic (exact) mass is 278 g/mol. The number of fused-ring (bicyclic) bond motifs is 1. The van der Waals surface area contributed by atoms with Crippen LogP contribution >= 0.6 is 22.7 Å². The molecule has 18 heavy (non-hydrogen) atoms. The molecule has 2 heterocycles. The molecule has 0 bridgehead atoms. The van der Waals surface area contributed by atoms with Gasteiger partial charge < -0.3 is 0 Å². The molecule has 0 aliphatic carbocycles. The Bertz CT molecular complexity index is 661.